The summed E-state index contributed by atoms with van der Waals surface area (Å²) in [5, 5.41) is 6.21. The molecule has 0 radical (unpaired) electrons. The molecule has 0 saturated carbocycles. The van der Waals surface area contributed by atoms with Crippen LogP contribution in [0.15, 0.2) is 84.9 Å². The van der Waals surface area contributed by atoms with Gasteiger partial charge in [-0.1, -0.05) is 66.7 Å². The zero-order valence-electron chi connectivity index (χ0n) is 21.2. The number of rotatable bonds is 8. The predicted molar refractivity (Wildman–Crippen MR) is 145 cm³/mol. The number of carbonyl (C=O) groups excluding carboxylic acids is 1. The topological polar surface area (TPSA) is 47.6 Å². The number of methoxy groups -OCH3 is 1. The van der Waals surface area contributed by atoms with Gasteiger partial charge < -0.3 is 14.8 Å². The first-order valence-corrected chi connectivity index (χ1v) is 12.9. The Bertz CT molecular complexity index is 1400. The van der Waals surface area contributed by atoms with Gasteiger partial charge in [-0.15, -0.1) is 0 Å². The van der Waals surface area contributed by atoms with E-state index in [0.717, 1.165) is 42.7 Å². The second kappa shape index (κ2) is 11.1. The zero-order valence-corrected chi connectivity index (χ0v) is 21.2. The van der Waals surface area contributed by atoms with Gasteiger partial charge in [-0.3, -0.25) is 0 Å². The van der Waals surface area contributed by atoms with Gasteiger partial charge in [0.05, 0.1) is 18.8 Å². The fraction of sp³-hybridized carbons (Fsp3) is 0.281. The Morgan fingerprint density at radius 3 is 2.70 bits per heavy atom. The van der Waals surface area contributed by atoms with Crippen LogP contribution in [0.3, 0.4) is 0 Å². The Morgan fingerprint density at radius 1 is 1.05 bits per heavy atom. The molecule has 1 unspecified atom stereocenters. The Kier molecular flexibility index (Phi) is 7.52. The fourth-order valence-corrected chi connectivity index (χ4v) is 5.40. The van der Waals surface area contributed by atoms with Gasteiger partial charge in [-0.25, -0.2) is 9.18 Å². The van der Waals surface area contributed by atoms with E-state index in [1.165, 1.54) is 29.5 Å². The van der Waals surface area contributed by atoms with Crippen molar-refractivity contribution in [3.05, 3.63) is 113 Å². The van der Waals surface area contributed by atoms with Crippen LogP contribution in [-0.4, -0.2) is 25.7 Å². The number of halogens is 1. The highest BCUT2D eigenvalue weighted by Crippen LogP contribution is 2.41. The van der Waals surface area contributed by atoms with Crippen LogP contribution in [-0.2, 0) is 4.74 Å². The monoisotopic (exact) mass is 497 g/mol. The molecule has 1 N–H and O–H groups in total. The van der Waals surface area contributed by atoms with Crippen molar-refractivity contribution < 1.29 is 18.7 Å². The molecule has 1 aliphatic rings. The fourth-order valence-electron chi connectivity index (χ4n) is 5.40. The number of benzene rings is 4. The van der Waals surface area contributed by atoms with Crippen LogP contribution in [0.2, 0.25) is 0 Å². The van der Waals surface area contributed by atoms with Gasteiger partial charge >= 0.3 is 5.97 Å². The number of hydrogen-bond acceptors (Lipinski definition) is 4. The molecular formula is C32H32FNO3. The number of nitrogens with one attached hydrogen (secondary N) is 1. The molecule has 5 rings (SSSR count). The van der Waals surface area contributed by atoms with E-state index < -0.39 is 11.8 Å². The Morgan fingerprint density at radius 2 is 1.84 bits per heavy atom. The van der Waals surface area contributed by atoms with E-state index >= 15 is 0 Å². The molecule has 0 amide bonds. The Balaban J connectivity index is 1.26. The van der Waals surface area contributed by atoms with Crippen molar-refractivity contribution in [1.82, 2.24) is 5.32 Å². The smallest absolute Gasteiger partial charge is 0.340 e. The third kappa shape index (κ3) is 5.37. The van der Waals surface area contributed by atoms with E-state index in [9.17, 15) is 9.18 Å². The van der Waals surface area contributed by atoms with Crippen molar-refractivity contribution >= 4 is 16.7 Å². The Labute approximate surface area is 217 Å². The number of esters is 1. The van der Waals surface area contributed by atoms with E-state index in [-0.39, 0.29) is 23.6 Å². The quantitative estimate of drug-likeness (QED) is 0.207. The summed E-state index contributed by atoms with van der Waals surface area (Å²) in [5.74, 6) is -0.368. The molecule has 0 bridgehead atoms. The molecule has 0 spiro atoms. The highest BCUT2D eigenvalue weighted by atomic mass is 19.1. The van der Waals surface area contributed by atoms with Gasteiger partial charge in [0.15, 0.2) is 0 Å². The maximum atomic E-state index is 14.3. The summed E-state index contributed by atoms with van der Waals surface area (Å²) in [5.41, 5.74) is 3.22. The molecule has 0 saturated heterocycles. The van der Waals surface area contributed by atoms with Crippen LogP contribution in [0, 0.1) is 5.82 Å². The molecular weight excluding hydrogens is 465 g/mol. The number of ether oxygens (including phenoxy) is 2. The predicted octanol–water partition coefficient (Wildman–Crippen LogP) is 7.18. The molecule has 37 heavy (non-hydrogen) atoms. The normalized spacial score (nSPS) is 17.6. The number of hydrogen-bond donors (Lipinski definition) is 1. The molecule has 4 aromatic rings. The first kappa shape index (κ1) is 25.0. The van der Waals surface area contributed by atoms with Crippen molar-refractivity contribution in [3.63, 3.8) is 0 Å². The number of carbonyl (C=O) groups is 1. The van der Waals surface area contributed by atoms with E-state index in [0.29, 0.717) is 0 Å². The molecule has 190 valence electrons. The second-order valence-electron chi connectivity index (χ2n) is 9.68. The average molecular weight is 498 g/mol. The van der Waals surface area contributed by atoms with Gasteiger partial charge in [0.2, 0.25) is 0 Å². The van der Waals surface area contributed by atoms with Gasteiger partial charge in [0, 0.05) is 17.5 Å². The zero-order chi connectivity index (χ0) is 25.8. The maximum Gasteiger partial charge on any atom is 0.340 e. The third-order valence-corrected chi connectivity index (χ3v) is 7.33. The van der Waals surface area contributed by atoms with Crippen molar-refractivity contribution in [2.45, 2.75) is 44.2 Å². The highest BCUT2D eigenvalue weighted by Gasteiger charge is 2.30. The lowest BCUT2D eigenvalue weighted by molar-refractivity contribution is 0.0595. The molecule has 0 fully saturated rings. The lowest BCUT2D eigenvalue weighted by atomic mass is 9.82. The molecule has 1 aliphatic heterocycles. The standard InChI is InChI=1S/C32H32FNO3/c1-21(25-14-7-10-22-9-3-4-12-26(22)25)34-18-8-11-24-20-28(27-13-5-6-15-31(27)37-24)23-16-17-30(33)29(19-23)32(35)36-2/h3-7,9-10,12-17,19,21,24,28,34H,8,11,18,20H2,1-2H3/t21?,24-,28-/m1/s1. The lowest BCUT2D eigenvalue weighted by Crippen LogP contribution is -2.28. The summed E-state index contributed by atoms with van der Waals surface area (Å²) in [7, 11) is 1.27. The Hall–Kier alpha value is -3.70. The molecule has 5 heteroatoms. The number of fused-ring (bicyclic) bond motifs is 2. The second-order valence-corrected chi connectivity index (χ2v) is 9.68. The van der Waals surface area contributed by atoms with Gasteiger partial charge in [-0.2, -0.15) is 0 Å². The lowest BCUT2D eigenvalue weighted by Gasteiger charge is -2.33. The molecule has 0 aliphatic carbocycles. The highest BCUT2D eigenvalue weighted by molar-refractivity contribution is 5.90. The maximum absolute atomic E-state index is 14.3. The minimum absolute atomic E-state index is 0.0153. The van der Waals surface area contributed by atoms with Crippen molar-refractivity contribution in [3.8, 4) is 5.75 Å². The summed E-state index contributed by atoms with van der Waals surface area (Å²) in [6.07, 6.45) is 2.65. The van der Waals surface area contributed by atoms with Crippen molar-refractivity contribution in [2.24, 2.45) is 0 Å². The largest absolute Gasteiger partial charge is 0.490 e. The molecule has 3 atom stereocenters. The summed E-state index contributed by atoms with van der Waals surface area (Å²) < 4.78 is 25.4. The molecule has 0 aromatic heterocycles. The van der Waals surface area contributed by atoms with Crippen LogP contribution in [0.5, 0.6) is 5.75 Å². The summed E-state index contributed by atoms with van der Waals surface area (Å²) in [6.45, 7) is 3.08. The van der Waals surface area contributed by atoms with Crippen molar-refractivity contribution in [1.29, 1.82) is 0 Å². The third-order valence-electron chi connectivity index (χ3n) is 7.33. The van der Waals surface area contributed by atoms with Crippen LogP contribution >= 0.6 is 0 Å². The van der Waals surface area contributed by atoms with Gasteiger partial charge in [-0.05, 0) is 72.8 Å². The van der Waals surface area contributed by atoms with E-state index in [2.05, 4.69) is 54.7 Å². The first-order valence-electron chi connectivity index (χ1n) is 12.9. The minimum atomic E-state index is -0.664. The summed E-state index contributed by atoms with van der Waals surface area (Å²) in [4.78, 5) is 12.1. The van der Waals surface area contributed by atoms with E-state index in [4.69, 9.17) is 9.47 Å². The van der Waals surface area contributed by atoms with Crippen molar-refractivity contribution in [2.75, 3.05) is 13.7 Å². The minimum Gasteiger partial charge on any atom is -0.490 e. The van der Waals surface area contributed by atoms with Crippen LogP contribution < -0.4 is 10.1 Å². The van der Waals surface area contributed by atoms with E-state index in [1.54, 1.807) is 12.1 Å². The van der Waals surface area contributed by atoms with Crippen LogP contribution in [0.4, 0.5) is 4.39 Å². The average Bonchev–Trinajstić information content (AvgIpc) is 2.94. The molecule has 1 heterocycles. The van der Waals surface area contributed by atoms with Gasteiger partial charge in [0.25, 0.3) is 0 Å². The molecule has 4 nitrogen and oxygen atoms in total. The SMILES string of the molecule is COC(=O)c1cc([C@H]2C[C@@H](CCCNC(C)c3cccc4ccccc34)Oc3ccccc32)ccc1F. The van der Waals surface area contributed by atoms with E-state index in [1.807, 2.05) is 24.3 Å². The van der Waals surface area contributed by atoms with Crippen LogP contribution in [0.1, 0.15) is 65.2 Å². The van der Waals surface area contributed by atoms with Gasteiger partial charge in [0.1, 0.15) is 11.6 Å². The summed E-state index contributed by atoms with van der Waals surface area (Å²) >= 11 is 0. The molecule has 4 aromatic carbocycles. The summed E-state index contributed by atoms with van der Waals surface area (Å²) in [6, 6.07) is 27.9. The number of para-hydroxylation sites is 1. The first-order chi connectivity index (χ1) is 18.0. The van der Waals surface area contributed by atoms with Crippen LogP contribution in [0.25, 0.3) is 10.8 Å².